The van der Waals surface area contributed by atoms with Crippen molar-refractivity contribution in [1.29, 1.82) is 0 Å². The molecule has 1 fully saturated rings. The van der Waals surface area contributed by atoms with Gasteiger partial charge in [-0.3, -0.25) is 4.79 Å². The zero-order valence-corrected chi connectivity index (χ0v) is 10.0. The third-order valence-corrected chi connectivity index (χ3v) is 3.03. The predicted octanol–water partition coefficient (Wildman–Crippen LogP) is 3.34. The van der Waals surface area contributed by atoms with E-state index in [-0.39, 0.29) is 11.9 Å². The molecule has 3 heteroatoms. The van der Waals surface area contributed by atoms with Crippen LogP contribution in [0.25, 0.3) is 0 Å². The van der Waals surface area contributed by atoms with E-state index in [0.29, 0.717) is 23.1 Å². The molecule has 86 valence electrons. The Morgan fingerprint density at radius 2 is 2.06 bits per heavy atom. The summed E-state index contributed by atoms with van der Waals surface area (Å²) in [6.45, 7) is 2.51. The van der Waals surface area contributed by atoms with E-state index in [1.807, 2.05) is 0 Å². The summed E-state index contributed by atoms with van der Waals surface area (Å²) >= 11 is 5.76. The Bertz CT molecular complexity index is 368. The molecular weight excluding hydrogens is 224 g/mol. The van der Waals surface area contributed by atoms with Crippen LogP contribution in [0, 0.1) is 5.92 Å². The maximum atomic E-state index is 11.9. The molecule has 0 radical (unpaired) electrons. The molecular formula is C13H15ClO2. The Morgan fingerprint density at radius 1 is 1.44 bits per heavy atom. The third kappa shape index (κ3) is 3.06. The summed E-state index contributed by atoms with van der Waals surface area (Å²) in [5.41, 5.74) is 0.660. The van der Waals surface area contributed by atoms with Crippen LogP contribution in [-0.4, -0.2) is 18.5 Å². The van der Waals surface area contributed by atoms with Gasteiger partial charge in [0.05, 0.1) is 6.61 Å². The summed E-state index contributed by atoms with van der Waals surface area (Å²) < 4.78 is 5.53. The van der Waals surface area contributed by atoms with Crippen molar-refractivity contribution in [3.8, 4) is 0 Å². The van der Waals surface area contributed by atoms with E-state index < -0.39 is 0 Å². The molecule has 0 aliphatic heterocycles. The highest BCUT2D eigenvalue weighted by atomic mass is 35.5. The fraction of sp³-hybridized carbons (Fsp3) is 0.462. The molecule has 1 aliphatic rings. The standard InChI is InChI=1S/C13H15ClO2/c1-9(16-8-10-2-3-10)13(15)11-4-6-12(14)7-5-11/h4-7,9-10H,2-3,8H2,1H3. The molecule has 1 atom stereocenters. The average Bonchev–Trinajstić information content (AvgIpc) is 3.10. The van der Waals surface area contributed by atoms with Gasteiger partial charge < -0.3 is 4.74 Å². The third-order valence-electron chi connectivity index (χ3n) is 2.78. The lowest BCUT2D eigenvalue weighted by Crippen LogP contribution is -2.21. The monoisotopic (exact) mass is 238 g/mol. The molecule has 0 saturated heterocycles. The van der Waals surface area contributed by atoms with Crippen molar-refractivity contribution in [2.45, 2.75) is 25.9 Å². The van der Waals surface area contributed by atoms with Gasteiger partial charge in [0, 0.05) is 10.6 Å². The van der Waals surface area contributed by atoms with E-state index in [9.17, 15) is 4.79 Å². The van der Waals surface area contributed by atoms with Crippen LogP contribution in [0.3, 0.4) is 0 Å². The van der Waals surface area contributed by atoms with Gasteiger partial charge in [-0.2, -0.15) is 0 Å². The van der Waals surface area contributed by atoms with Gasteiger partial charge in [0.25, 0.3) is 0 Å². The van der Waals surface area contributed by atoms with Gasteiger partial charge in [-0.05, 0) is 49.9 Å². The Labute approximate surface area is 101 Å². The Hall–Kier alpha value is -0.860. The Balaban J connectivity index is 1.91. The molecule has 1 aromatic carbocycles. The summed E-state index contributed by atoms with van der Waals surface area (Å²) in [7, 11) is 0. The number of ketones is 1. The number of benzene rings is 1. The van der Waals surface area contributed by atoms with Crippen LogP contribution in [0.15, 0.2) is 24.3 Å². The highest BCUT2D eigenvalue weighted by molar-refractivity contribution is 6.30. The molecule has 2 nitrogen and oxygen atoms in total. The molecule has 16 heavy (non-hydrogen) atoms. The first-order valence-electron chi connectivity index (χ1n) is 5.58. The zero-order chi connectivity index (χ0) is 11.5. The van der Waals surface area contributed by atoms with Crippen LogP contribution in [0.1, 0.15) is 30.1 Å². The molecule has 0 heterocycles. The molecule has 0 amide bonds. The number of ether oxygens (including phenoxy) is 1. The van der Waals surface area contributed by atoms with Crippen LogP contribution in [-0.2, 0) is 4.74 Å². The van der Waals surface area contributed by atoms with Gasteiger partial charge in [-0.15, -0.1) is 0 Å². The fourth-order valence-electron chi connectivity index (χ4n) is 1.49. The highest BCUT2D eigenvalue weighted by Gasteiger charge is 2.24. The number of hydrogen-bond acceptors (Lipinski definition) is 2. The number of carbonyl (C=O) groups is 1. The summed E-state index contributed by atoms with van der Waals surface area (Å²) in [6, 6.07) is 6.92. The van der Waals surface area contributed by atoms with Crippen LogP contribution in [0.2, 0.25) is 5.02 Å². The SMILES string of the molecule is CC(OCC1CC1)C(=O)c1ccc(Cl)cc1. The van der Waals surface area contributed by atoms with Crippen molar-refractivity contribution in [3.05, 3.63) is 34.9 Å². The lowest BCUT2D eigenvalue weighted by molar-refractivity contribution is 0.0441. The molecule has 1 aliphatic carbocycles. The van der Waals surface area contributed by atoms with E-state index in [4.69, 9.17) is 16.3 Å². The maximum absolute atomic E-state index is 11.9. The van der Waals surface area contributed by atoms with Crippen LogP contribution in [0.4, 0.5) is 0 Å². The van der Waals surface area contributed by atoms with Gasteiger partial charge in [0.15, 0.2) is 5.78 Å². The predicted molar refractivity (Wildman–Crippen MR) is 63.9 cm³/mol. The van der Waals surface area contributed by atoms with E-state index in [1.54, 1.807) is 31.2 Å². The summed E-state index contributed by atoms with van der Waals surface area (Å²) in [5.74, 6) is 0.706. The van der Waals surface area contributed by atoms with E-state index in [1.165, 1.54) is 12.8 Å². The lowest BCUT2D eigenvalue weighted by atomic mass is 10.1. The van der Waals surface area contributed by atoms with Gasteiger partial charge in [-0.1, -0.05) is 11.6 Å². The molecule has 1 unspecified atom stereocenters. The molecule has 2 rings (SSSR count). The summed E-state index contributed by atoms with van der Waals surface area (Å²) in [6.07, 6.45) is 2.12. The lowest BCUT2D eigenvalue weighted by Gasteiger charge is -2.11. The summed E-state index contributed by atoms with van der Waals surface area (Å²) in [4.78, 5) is 11.9. The highest BCUT2D eigenvalue weighted by Crippen LogP contribution is 2.29. The number of carbonyl (C=O) groups excluding carboxylic acids is 1. The van der Waals surface area contributed by atoms with Gasteiger partial charge >= 0.3 is 0 Å². The number of rotatable bonds is 5. The average molecular weight is 239 g/mol. The van der Waals surface area contributed by atoms with Crippen molar-refractivity contribution in [3.63, 3.8) is 0 Å². The molecule has 0 spiro atoms. The van der Waals surface area contributed by atoms with E-state index in [2.05, 4.69) is 0 Å². The number of halogens is 1. The van der Waals surface area contributed by atoms with Gasteiger partial charge in [0.1, 0.15) is 6.10 Å². The molecule has 0 aromatic heterocycles. The first kappa shape index (κ1) is 11.6. The zero-order valence-electron chi connectivity index (χ0n) is 9.28. The van der Waals surface area contributed by atoms with Crippen molar-refractivity contribution in [2.24, 2.45) is 5.92 Å². The minimum absolute atomic E-state index is 0.0253. The second-order valence-corrected chi connectivity index (χ2v) is 4.73. The molecule has 0 N–H and O–H groups in total. The quantitative estimate of drug-likeness (QED) is 0.736. The maximum Gasteiger partial charge on any atom is 0.191 e. The van der Waals surface area contributed by atoms with Crippen molar-refractivity contribution < 1.29 is 9.53 Å². The van der Waals surface area contributed by atoms with Crippen molar-refractivity contribution in [1.82, 2.24) is 0 Å². The largest absolute Gasteiger partial charge is 0.370 e. The Morgan fingerprint density at radius 3 is 2.62 bits per heavy atom. The minimum atomic E-state index is -0.359. The van der Waals surface area contributed by atoms with E-state index >= 15 is 0 Å². The molecule has 1 saturated carbocycles. The van der Waals surface area contributed by atoms with Gasteiger partial charge in [0.2, 0.25) is 0 Å². The number of Topliss-reactive ketones (excluding diaryl/α,β-unsaturated/α-hetero) is 1. The summed E-state index contributed by atoms with van der Waals surface area (Å²) in [5, 5.41) is 0.642. The van der Waals surface area contributed by atoms with Crippen molar-refractivity contribution >= 4 is 17.4 Å². The second kappa shape index (κ2) is 4.98. The van der Waals surface area contributed by atoms with Crippen molar-refractivity contribution in [2.75, 3.05) is 6.61 Å². The van der Waals surface area contributed by atoms with Crippen LogP contribution < -0.4 is 0 Å². The molecule has 0 bridgehead atoms. The minimum Gasteiger partial charge on any atom is -0.370 e. The van der Waals surface area contributed by atoms with Crippen LogP contribution in [0.5, 0.6) is 0 Å². The Kier molecular flexibility index (Phi) is 3.62. The van der Waals surface area contributed by atoms with Crippen LogP contribution >= 0.6 is 11.6 Å². The van der Waals surface area contributed by atoms with Gasteiger partial charge in [-0.25, -0.2) is 0 Å². The molecule has 1 aromatic rings. The topological polar surface area (TPSA) is 26.3 Å². The smallest absolute Gasteiger partial charge is 0.191 e. The number of hydrogen-bond donors (Lipinski definition) is 0. The van der Waals surface area contributed by atoms with E-state index in [0.717, 1.165) is 0 Å². The first-order valence-corrected chi connectivity index (χ1v) is 5.96. The first-order chi connectivity index (χ1) is 7.66. The fourth-order valence-corrected chi connectivity index (χ4v) is 1.62. The second-order valence-electron chi connectivity index (χ2n) is 4.29. The normalized spacial score (nSPS) is 17.1.